The fraction of sp³-hybridized carbons (Fsp3) is 1.00. The topological polar surface area (TPSA) is 38.7 Å². The molecular weight excluding hydrogens is 168 g/mol. The molecule has 1 aliphatic rings. The van der Waals surface area contributed by atoms with E-state index in [1.165, 1.54) is 0 Å². The van der Waals surface area contributed by atoms with E-state index in [4.69, 9.17) is 14.6 Å². The quantitative estimate of drug-likeness (QED) is 0.714. The van der Waals surface area contributed by atoms with Gasteiger partial charge in [-0.2, -0.15) is 0 Å². The second-order valence-electron chi connectivity index (χ2n) is 5.10. The van der Waals surface area contributed by atoms with Crippen molar-refractivity contribution in [2.45, 2.75) is 46.0 Å². The molecule has 1 N–H and O–H groups in total. The summed E-state index contributed by atoms with van der Waals surface area (Å²) in [6.45, 7) is 8.93. The molecule has 0 spiro atoms. The van der Waals surface area contributed by atoms with Crippen LogP contribution in [0.1, 0.15) is 34.1 Å². The van der Waals surface area contributed by atoms with Crippen molar-refractivity contribution >= 4 is 0 Å². The molecule has 3 nitrogen and oxygen atoms in total. The van der Waals surface area contributed by atoms with Crippen molar-refractivity contribution in [1.82, 2.24) is 0 Å². The summed E-state index contributed by atoms with van der Waals surface area (Å²) in [5.41, 5.74) is 0.180. The Morgan fingerprint density at radius 1 is 1.46 bits per heavy atom. The number of ether oxygens (including phenoxy) is 2. The average Bonchev–Trinajstić information content (AvgIpc) is 2.27. The zero-order valence-corrected chi connectivity index (χ0v) is 8.96. The maximum absolute atomic E-state index is 8.89. The molecule has 1 rings (SSSR count). The molecule has 13 heavy (non-hydrogen) atoms. The van der Waals surface area contributed by atoms with Crippen molar-refractivity contribution in [2.75, 3.05) is 13.2 Å². The minimum atomic E-state index is -0.508. The van der Waals surface area contributed by atoms with Crippen LogP contribution in [0, 0.1) is 5.41 Å². The lowest BCUT2D eigenvalue weighted by Crippen LogP contribution is -2.32. The fourth-order valence-corrected chi connectivity index (χ4v) is 1.84. The van der Waals surface area contributed by atoms with E-state index in [0.717, 1.165) is 6.42 Å². The van der Waals surface area contributed by atoms with Crippen LogP contribution in [0.25, 0.3) is 0 Å². The van der Waals surface area contributed by atoms with Crippen LogP contribution in [0.5, 0.6) is 0 Å². The minimum absolute atomic E-state index is 0.0414. The second kappa shape index (κ2) is 3.56. The molecule has 2 atom stereocenters. The maximum Gasteiger partial charge on any atom is 0.166 e. The fourth-order valence-electron chi connectivity index (χ4n) is 1.84. The van der Waals surface area contributed by atoms with Crippen LogP contribution < -0.4 is 0 Å². The molecule has 0 aromatic carbocycles. The molecule has 0 aliphatic carbocycles. The van der Waals surface area contributed by atoms with Gasteiger partial charge in [-0.15, -0.1) is 0 Å². The molecule has 78 valence electrons. The molecule has 1 saturated heterocycles. The minimum Gasteiger partial charge on any atom is -0.394 e. The van der Waals surface area contributed by atoms with Crippen LogP contribution in [0.2, 0.25) is 0 Å². The Balaban J connectivity index is 2.50. The summed E-state index contributed by atoms with van der Waals surface area (Å²) < 4.78 is 11.1. The van der Waals surface area contributed by atoms with E-state index in [-0.39, 0.29) is 18.1 Å². The zero-order valence-electron chi connectivity index (χ0n) is 8.96. The highest BCUT2D eigenvalue weighted by Gasteiger charge is 2.39. The van der Waals surface area contributed by atoms with Crippen LogP contribution >= 0.6 is 0 Å². The Morgan fingerprint density at radius 2 is 2.08 bits per heavy atom. The highest BCUT2D eigenvalue weighted by molar-refractivity contribution is 4.79. The van der Waals surface area contributed by atoms with Gasteiger partial charge < -0.3 is 14.6 Å². The Labute approximate surface area is 80.0 Å². The normalized spacial score (nSPS) is 35.3. The van der Waals surface area contributed by atoms with Crippen molar-refractivity contribution in [3.8, 4) is 0 Å². The summed E-state index contributed by atoms with van der Waals surface area (Å²) in [5.74, 6) is -0.508. The average molecular weight is 188 g/mol. The molecule has 0 bridgehead atoms. The molecule has 1 heterocycles. The molecule has 0 aromatic heterocycles. The zero-order chi connectivity index (χ0) is 10.1. The first-order valence-corrected chi connectivity index (χ1v) is 4.77. The van der Waals surface area contributed by atoms with Crippen LogP contribution in [-0.2, 0) is 9.47 Å². The standard InChI is InChI=1S/C10H20O3/c1-9(2,3)7-10(4)12-6-8(5-11)13-10/h8,11H,5-7H2,1-4H3. The van der Waals surface area contributed by atoms with Crippen molar-refractivity contribution < 1.29 is 14.6 Å². The van der Waals surface area contributed by atoms with Crippen LogP contribution in [0.4, 0.5) is 0 Å². The summed E-state index contributed by atoms with van der Waals surface area (Å²) in [5, 5.41) is 8.89. The first-order valence-electron chi connectivity index (χ1n) is 4.77. The maximum atomic E-state index is 8.89. The van der Waals surface area contributed by atoms with E-state index in [1.54, 1.807) is 0 Å². The van der Waals surface area contributed by atoms with Gasteiger partial charge in [0.05, 0.1) is 13.2 Å². The summed E-state index contributed by atoms with van der Waals surface area (Å²) in [4.78, 5) is 0. The van der Waals surface area contributed by atoms with Gasteiger partial charge in [-0.3, -0.25) is 0 Å². The first kappa shape index (κ1) is 11.0. The van der Waals surface area contributed by atoms with Gasteiger partial charge in [-0.25, -0.2) is 0 Å². The van der Waals surface area contributed by atoms with E-state index in [2.05, 4.69) is 20.8 Å². The predicted octanol–water partition coefficient (Wildman–Crippen LogP) is 1.55. The number of rotatable bonds is 2. The smallest absolute Gasteiger partial charge is 0.166 e. The summed E-state index contributed by atoms with van der Waals surface area (Å²) in [7, 11) is 0. The van der Waals surface area contributed by atoms with Gasteiger partial charge >= 0.3 is 0 Å². The largest absolute Gasteiger partial charge is 0.394 e. The molecule has 0 radical (unpaired) electrons. The van der Waals surface area contributed by atoms with Gasteiger partial charge in [-0.1, -0.05) is 20.8 Å². The molecule has 0 amide bonds. The lowest BCUT2D eigenvalue weighted by atomic mass is 9.88. The monoisotopic (exact) mass is 188 g/mol. The van der Waals surface area contributed by atoms with Gasteiger partial charge in [-0.05, 0) is 12.3 Å². The van der Waals surface area contributed by atoms with E-state index in [1.807, 2.05) is 6.92 Å². The Morgan fingerprint density at radius 3 is 2.46 bits per heavy atom. The van der Waals surface area contributed by atoms with Crippen molar-refractivity contribution in [3.05, 3.63) is 0 Å². The molecule has 1 fully saturated rings. The number of aliphatic hydroxyl groups is 1. The van der Waals surface area contributed by atoms with E-state index in [0.29, 0.717) is 6.61 Å². The van der Waals surface area contributed by atoms with Crippen molar-refractivity contribution in [2.24, 2.45) is 5.41 Å². The van der Waals surface area contributed by atoms with Gasteiger partial charge in [0, 0.05) is 6.42 Å². The van der Waals surface area contributed by atoms with Gasteiger partial charge in [0.25, 0.3) is 0 Å². The number of hydrogen-bond acceptors (Lipinski definition) is 3. The third kappa shape index (κ3) is 3.25. The Hall–Kier alpha value is -0.120. The van der Waals surface area contributed by atoms with Crippen LogP contribution in [0.15, 0.2) is 0 Å². The highest BCUT2D eigenvalue weighted by Crippen LogP contribution is 2.34. The van der Waals surface area contributed by atoms with E-state index >= 15 is 0 Å². The van der Waals surface area contributed by atoms with Crippen molar-refractivity contribution in [1.29, 1.82) is 0 Å². The van der Waals surface area contributed by atoms with Crippen LogP contribution in [-0.4, -0.2) is 30.2 Å². The van der Waals surface area contributed by atoms with E-state index in [9.17, 15) is 0 Å². The SMILES string of the molecule is CC(C)(C)CC1(C)OCC(CO)O1. The molecule has 2 unspecified atom stereocenters. The van der Waals surface area contributed by atoms with E-state index < -0.39 is 5.79 Å². The summed E-state index contributed by atoms with van der Waals surface area (Å²) in [6.07, 6.45) is 0.698. The number of hydrogen-bond donors (Lipinski definition) is 1. The van der Waals surface area contributed by atoms with Gasteiger partial charge in [0.2, 0.25) is 0 Å². The molecule has 1 aliphatic heterocycles. The van der Waals surface area contributed by atoms with Crippen LogP contribution in [0.3, 0.4) is 0 Å². The lowest BCUT2D eigenvalue weighted by Gasteiger charge is -2.30. The molecule has 3 heteroatoms. The lowest BCUT2D eigenvalue weighted by molar-refractivity contribution is -0.175. The molecular formula is C10H20O3. The van der Waals surface area contributed by atoms with Gasteiger partial charge in [0.1, 0.15) is 6.10 Å². The third-order valence-electron chi connectivity index (χ3n) is 2.05. The summed E-state index contributed by atoms with van der Waals surface area (Å²) >= 11 is 0. The number of aliphatic hydroxyl groups excluding tert-OH is 1. The Kier molecular flexibility index (Phi) is 3.00. The van der Waals surface area contributed by atoms with Gasteiger partial charge in [0.15, 0.2) is 5.79 Å². The molecule has 0 aromatic rings. The summed E-state index contributed by atoms with van der Waals surface area (Å²) in [6, 6.07) is 0. The molecule has 0 saturated carbocycles. The second-order valence-corrected chi connectivity index (χ2v) is 5.10. The third-order valence-corrected chi connectivity index (χ3v) is 2.05. The Bertz CT molecular complexity index is 173. The highest BCUT2D eigenvalue weighted by atomic mass is 16.7. The van der Waals surface area contributed by atoms with Crippen molar-refractivity contribution in [3.63, 3.8) is 0 Å². The first-order chi connectivity index (χ1) is 5.85. The predicted molar refractivity (Wildman–Crippen MR) is 50.4 cm³/mol.